The molecule has 5 heteroatoms. The molecular weight excluding hydrogens is 227 g/mol. The molecule has 0 aromatic heterocycles. The summed E-state index contributed by atoms with van der Waals surface area (Å²) in [5.41, 5.74) is 0.320. The fourth-order valence-electron chi connectivity index (χ4n) is 1.03. The lowest BCUT2D eigenvalue weighted by Gasteiger charge is -2.03. The summed E-state index contributed by atoms with van der Waals surface area (Å²) in [6.45, 7) is 1.52. The van der Waals surface area contributed by atoms with Crippen molar-refractivity contribution in [3.05, 3.63) is 29.6 Å². The summed E-state index contributed by atoms with van der Waals surface area (Å²) in [7, 11) is -3.35. The van der Waals surface area contributed by atoms with Crippen LogP contribution in [0.4, 0.5) is 4.39 Å². The van der Waals surface area contributed by atoms with Crippen molar-refractivity contribution in [3.8, 4) is 0 Å². The number of hydrogen-bond donors (Lipinski definition) is 0. The smallest absolute Gasteiger partial charge is 0.179 e. The van der Waals surface area contributed by atoms with E-state index in [9.17, 15) is 12.8 Å². The third kappa shape index (κ3) is 2.45. The molecule has 0 spiro atoms. The van der Waals surface area contributed by atoms with Crippen LogP contribution in [0.15, 0.2) is 23.1 Å². The Hall–Kier alpha value is -0.610. The molecule has 1 aromatic carbocycles. The third-order valence-corrected chi connectivity index (χ3v) is 3.96. The monoisotopic (exact) mass is 236 g/mol. The zero-order valence-electron chi connectivity index (χ0n) is 7.63. The fraction of sp³-hybridized carbons (Fsp3) is 0.333. The Morgan fingerprint density at radius 3 is 2.57 bits per heavy atom. The Balaban J connectivity index is 3.15. The molecule has 2 nitrogen and oxygen atoms in total. The van der Waals surface area contributed by atoms with E-state index in [1.807, 2.05) is 0 Å². The van der Waals surface area contributed by atoms with Crippen LogP contribution in [0.25, 0.3) is 0 Å². The number of hydrogen-bond acceptors (Lipinski definition) is 2. The van der Waals surface area contributed by atoms with Crippen molar-refractivity contribution in [2.45, 2.75) is 11.8 Å². The van der Waals surface area contributed by atoms with Crippen molar-refractivity contribution in [1.29, 1.82) is 0 Å². The second-order valence-corrected chi connectivity index (χ2v) is 5.41. The van der Waals surface area contributed by atoms with Crippen molar-refractivity contribution in [1.82, 2.24) is 0 Å². The van der Waals surface area contributed by atoms with E-state index in [1.165, 1.54) is 19.1 Å². The highest BCUT2D eigenvalue weighted by Gasteiger charge is 2.14. The maximum Gasteiger partial charge on any atom is 0.179 e. The molecule has 0 heterocycles. The van der Waals surface area contributed by atoms with Gasteiger partial charge in [0.2, 0.25) is 0 Å². The maximum absolute atomic E-state index is 12.9. The first kappa shape index (κ1) is 11.5. The molecular formula is C9H10ClFO2S. The highest BCUT2D eigenvalue weighted by atomic mass is 35.5. The third-order valence-electron chi connectivity index (χ3n) is 1.83. The first-order chi connectivity index (χ1) is 6.47. The number of benzene rings is 1. The van der Waals surface area contributed by atoms with Gasteiger partial charge in [-0.05, 0) is 30.7 Å². The Morgan fingerprint density at radius 2 is 2.07 bits per heavy atom. The highest BCUT2D eigenvalue weighted by Crippen LogP contribution is 2.15. The molecule has 0 radical (unpaired) electrons. The van der Waals surface area contributed by atoms with Crippen molar-refractivity contribution in [2.24, 2.45) is 0 Å². The Labute approximate surface area is 87.6 Å². The van der Waals surface area contributed by atoms with Crippen LogP contribution >= 0.6 is 11.6 Å². The van der Waals surface area contributed by atoms with Gasteiger partial charge in [-0.1, -0.05) is 0 Å². The molecule has 0 aliphatic carbocycles. The van der Waals surface area contributed by atoms with E-state index in [-0.39, 0.29) is 16.5 Å². The van der Waals surface area contributed by atoms with E-state index in [0.717, 1.165) is 6.07 Å². The van der Waals surface area contributed by atoms with Gasteiger partial charge < -0.3 is 0 Å². The van der Waals surface area contributed by atoms with Gasteiger partial charge in [-0.2, -0.15) is 0 Å². The number of aryl methyl sites for hydroxylation is 1. The first-order valence-corrected chi connectivity index (χ1v) is 6.21. The summed E-state index contributed by atoms with van der Waals surface area (Å²) in [5.74, 6) is -0.493. The van der Waals surface area contributed by atoms with Crippen LogP contribution in [-0.2, 0) is 9.84 Å². The Morgan fingerprint density at radius 1 is 1.43 bits per heavy atom. The molecule has 1 rings (SSSR count). The maximum atomic E-state index is 12.9. The van der Waals surface area contributed by atoms with Gasteiger partial charge >= 0.3 is 0 Å². The van der Waals surface area contributed by atoms with E-state index < -0.39 is 15.7 Å². The van der Waals surface area contributed by atoms with Crippen molar-refractivity contribution < 1.29 is 12.8 Å². The first-order valence-electron chi connectivity index (χ1n) is 4.02. The van der Waals surface area contributed by atoms with Crippen LogP contribution < -0.4 is 0 Å². The lowest BCUT2D eigenvalue weighted by molar-refractivity contribution is 0.595. The van der Waals surface area contributed by atoms with E-state index in [4.69, 9.17) is 11.6 Å². The number of alkyl halides is 1. The van der Waals surface area contributed by atoms with Crippen molar-refractivity contribution >= 4 is 21.4 Å². The molecule has 0 fully saturated rings. The minimum atomic E-state index is -3.35. The lowest BCUT2D eigenvalue weighted by atomic mass is 10.2. The Kier molecular flexibility index (Phi) is 3.50. The minimum absolute atomic E-state index is 0.0404. The van der Waals surface area contributed by atoms with Crippen LogP contribution in [0.5, 0.6) is 0 Å². The molecule has 0 N–H and O–H groups in total. The van der Waals surface area contributed by atoms with Crippen LogP contribution in [-0.4, -0.2) is 20.1 Å². The second-order valence-electron chi connectivity index (χ2n) is 2.92. The standard InChI is InChI=1S/C9H10ClFO2S/c1-7-6-8(2-3-9(7)11)14(12,13)5-4-10/h2-3,6H,4-5H2,1H3. The topological polar surface area (TPSA) is 34.1 Å². The van der Waals surface area contributed by atoms with Gasteiger partial charge in [0, 0.05) is 5.88 Å². The summed E-state index contributed by atoms with van der Waals surface area (Å²) in [6, 6.07) is 3.72. The van der Waals surface area contributed by atoms with Crippen LogP contribution in [0.1, 0.15) is 5.56 Å². The van der Waals surface area contributed by atoms with Gasteiger partial charge in [0.1, 0.15) is 5.82 Å². The van der Waals surface area contributed by atoms with Gasteiger partial charge in [0.05, 0.1) is 10.6 Å². The minimum Gasteiger partial charge on any atom is -0.224 e. The molecule has 0 bridgehead atoms. The van der Waals surface area contributed by atoms with Crippen LogP contribution in [0.2, 0.25) is 0 Å². The molecule has 0 saturated carbocycles. The average molecular weight is 237 g/mol. The van der Waals surface area contributed by atoms with Crippen LogP contribution in [0, 0.1) is 12.7 Å². The molecule has 0 saturated heterocycles. The van der Waals surface area contributed by atoms with E-state index in [1.54, 1.807) is 0 Å². The van der Waals surface area contributed by atoms with Gasteiger partial charge in [-0.3, -0.25) is 0 Å². The van der Waals surface area contributed by atoms with Crippen LogP contribution in [0.3, 0.4) is 0 Å². The summed E-state index contributed by atoms with van der Waals surface area (Å²) in [6.07, 6.45) is 0. The van der Waals surface area contributed by atoms with Gasteiger partial charge in [0.15, 0.2) is 9.84 Å². The zero-order valence-corrected chi connectivity index (χ0v) is 9.20. The number of halogens is 2. The van der Waals surface area contributed by atoms with E-state index in [0.29, 0.717) is 5.56 Å². The van der Waals surface area contributed by atoms with Gasteiger partial charge in [-0.15, -0.1) is 11.6 Å². The lowest BCUT2D eigenvalue weighted by Crippen LogP contribution is -2.08. The quantitative estimate of drug-likeness (QED) is 0.595. The average Bonchev–Trinajstić information content (AvgIpc) is 2.09. The van der Waals surface area contributed by atoms with E-state index in [2.05, 4.69) is 0 Å². The highest BCUT2D eigenvalue weighted by molar-refractivity contribution is 7.91. The predicted molar refractivity (Wildman–Crippen MR) is 53.9 cm³/mol. The van der Waals surface area contributed by atoms with Crippen molar-refractivity contribution in [2.75, 3.05) is 11.6 Å². The molecule has 1 aromatic rings. The summed E-state index contributed by atoms with van der Waals surface area (Å²) < 4.78 is 35.8. The molecule has 0 unspecified atom stereocenters. The number of sulfone groups is 1. The summed E-state index contributed by atoms with van der Waals surface area (Å²) >= 11 is 5.35. The molecule has 14 heavy (non-hydrogen) atoms. The summed E-state index contributed by atoms with van der Waals surface area (Å²) in [4.78, 5) is 0.122. The largest absolute Gasteiger partial charge is 0.224 e. The van der Waals surface area contributed by atoms with E-state index >= 15 is 0 Å². The summed E-state index contributed by atoms with van der Waals surface area (Å²) in [5, 5.41) is 0. The normalized spacial score (nSPS) is 11.6. The fourth-order valence-corrected chi connectivity index (χ4v) is 2.71. The SMILES string of the molecule is Cc1cc(S(=O)(=O)CCCl)ccc1F. The molecule has 0 aliphatic heterocycles. The predicted octanol–water partition coefficient (Wildman–Crippen LogP) is 2.15. The van der Waals surface area contributed by atoms with Gasteiger partial charge in [-0.25, -0.2) is 12.8 Å². The van der Waals surface area contributed by atoms with Gasteiger partial charge in [0.25, 0.3) is 0 Å². The number of rotatable bonds is 3. The molecule has 0 aliphatic rings. The molecule has 0 amide bonds. The second kappa shape index (κ2) is 4.28. The van der Waals surface area contributed by atoms with Crippen molar-refractivity contribution in [3.63, 3.8) is 0 Å². The Bertz CT molecular complexity index is 428. The molecule has 78 valence electrons. The zero-order chi connectivity index (χ0) is 10.8. The molecule has 0 atom stereocenters.